The van der Waals surface area contributed by atoms with Gasteiger partial charge in [0.15, 0.2) is 0 Å². The van der Waals surface area contributed by atoms with Gasteiger partial charge in [-0.15, -0.1) is 0 Å². The SMILES string of the molecule is O=C(O[C@H]1CCCC=C1Br)c1ccccc1. The highest BCUT2D eigenvalue weighted by atomic mass is 79.9. The summed E-state index contributed by atoms with van der Waals surface area (Å²) in [6.07, 6.45) is 4.99. The zero-order valence-corrected chi connectivity index (χ0v) is 10.4. The van der Waals surface area contributed by atoms with Gasteiger partial charge >= 0.3 is 5.97 Å². The number of hydrogen-bond donors (Lipinski definition) is 0. The maximum Gasteiger partial charge on any atom is 0.338 e. The van der Waals surface area contributed by atoms with E-state index < -0.39 is 0 Å². The third kappa shape index (κ3) is 2.73. The van der Waals surface area contributed by atoms with Gasteiger partial charge in [-0.1, -0.05) is 40.2 Å². The summed E-state index contributed by atoms with van der Waals surface area (Å²) in [5, 5.41) is 0. The van der Waals surface area contributed by atoms with Crippen LogP contribution in [0.4, 0.5) is 0 Å². The highest BCUT2D eigenvalue weighted by Crippen LogP contribution is 2.26. The lowest BCUT2D eigenvalue weighted by Gasteiger charge is -2.20. The summed E-state index contributed by atoms with van der Waals surface area (Å²) in [5.74, 6) is -0.252. The monoisotopic (exact) mass is 280 g/mol. The molecule has 0 spiro atoms. The van der Waals surface area contributed by atoms with Crippen molar-refractivity contribution in [2.45, 2.75) is 25.4 Å². The van der Waals surface area contributed by atoms with Crippen LogP contribution in [-0.4, -0.2) is 12.1 Å². The Labute approximate surface area is 103 Å². The molecule has 0 aliphatic heterocycles. The first-order valence-corrected chi connectivity index (χ1v) is 6.18. The van der Waals surface area contributed by atoms with Crippen LogP contribution in [0.3, 0.4) is 0 Å². The summed E-state index contributed by atoms with van der Waals surface area (Å²) in [7, 11) is 0. The molecule has 0 fully saturated rings. The summed E-state index contributed by atoms with van der Waals surface area (Å²) in [4.78, 5) is 11.8. The minimum absolute atomic E-state index is 0.110. The summed E-state index contributed by atoms with van der Waals surface area (Å²) in [6, 6.07) is 9.09. The Kier molecular flexibility index (Phi) is 3.78. The van der Waals surface area contributed by atoms with Gasteiger partial charge in [-0.05, 0) is 31.4 Å². The van der Waals surface area contributed by atoms with Crippen molar-refractivity contribution in [1.82, 2.24) is 0 Å². The maximum absolute atomic E-state index is 11.8. The molecule has 1 aliphatic carbocycles. The van der Waals surface area contributed by atoms with Gasteiger partial charge in [-0.3, -0.25) is 0 Å². The molecule has 2 rings (SSSR count). The first-order valence-electron chi connectivity index (χ1n) is 5.39. The van der Waals surface area contributed by atoms with Crippen molar-refractivity contribution in [1.29, 1.82) is 0 Å². The number of hydrogen-bond acceptors (Lipinski definition) is 2. The van der Waals surface area contributed by atoms with Crippen LogP contribution < -0.4 is 0 Å². The van der Waals surface area contributed by atoms with E-state index in [4.69, 9.17) is 4.74 Å². The second kappa shape index (κ2) is 5.30. The number of ether oxygens (including phenoxy) is 1. The van der Waals surface area contributed by atoms with Crippen molar-refractivity contribution in [2.75, 3.05) is 0 Å². The van der Waals surface area contributed by atoms with Gasteiger partial charge in [0.25, 0.3) is 0 Å². The molecule has 84 valence electrons. The number of esters is 1. The van der Waals surface area contributed by atoms with E-state index in [2.05, 4.69) is 22.0 Å². The van der Waals surface area contributed by atoms with Crippen LogP contribution in [0.1, 0.15) is 29.6 Å². The first kappa shape index (κ1) is 11.4. The number of allylic oxidation sites excluding steroid dienone is 1. The largest absolute Gasteiger partial charge is 0.453 e. The van der Waals surface area contributed by atoms with Crippen molar-refractivity contribution in [3.05, 3.63) is 46.5 Å². The lowest BCUT2D eigenvalue weighted by molar-refractivity contribution is 0.0364. The lowest BCUT2D eigenvalue weighted by atomic mass is 10.1. The Bertz CT molecular complexity index is 398. The molecule has 0 N–H and O–H groups in total. The van der Waals surface area contributed by atoms with E-state index in [-0.39, 0.29) is 12.1 Å². The van der Waals surface area contributed by atoms with Crippen LogP contribution in [0.15, 0.2) is 40.9 Å². The smallest absolute Gasteiger partial charge is 0.338 e. The van der Waals surface area contributed by atoms with Crippen LogP contribution in [0.25, 0.3) is 0 Å². The summed E-state index contributed by atoms with van der Waals surface area (Å²) < 4.78 is 6.42. The molecule has 0 amide bonds. The van der Waals surface area contributed by atoms with Gasteiger partial charge in [0.1, 0.15) is 6.10 Å². The van der Waals surface area contributed by atoms with Gasteiger partial charge in [0.05, 0.1) is 5.56 Å². The number of carbonyl (C=O) groups excluding carboxylic acids is 1. The Hall–Kier alpha value is -1.09. The van der Waals surface area contributed by atoms with E-state index in [1.807, 2.05) is 18.2 Å². The molecule has 2 nitrogen and oxygen atoms in total. The fourth-order valence-corrected chi connectivity index (χ4v) is 2.25. The van der Waals surface area contributed by atoms with E-state index in [1.165, 1.54) is 0 Å². The number of halogens is 1. The molecule has 16 heavy (non-hydrogen) atoms. The molecule has 0 bridgehead atoms. The van der Waals surface area contributed by atoms with Crippen molar-refractivity contribution in [3.63, 3.8) is 0 Å². The Balaban J connectivity index is 2.03. The quantitative estimate of drug-likeness (QED) is 0.773. The Morgan fingerprint density at radius 2 is 2.06 bits per heavy atom. The van der Waals surface area contributed by atoms with E-state index >= 15 is 0 Å². The van der Waals surface area contributed by atoms with E-state index in [9.17, 15) is 4.79 Å². The molecular weight excluding hydrogens is 268 g/mol. The molecule has 1 aliphatic rings. The van der Waals surface area contributed by atoms with Gasteiger partial charge in [-0.25, -0.2) is 4.79 Å². The number of carbonyl (C=O) groups is 1. The zero-order valence-electron chi connectivity index (χ0n) is 8.86. The van der Waals surface area contributed by atoms with Crippen LogP contribution in [0.2, 0.25) is 0 Å². The molecule has 0 saturated carbocycles. The average molecular weight is 281 g/mol. The lowest BCUT2D eigenvalue weighted by Crippen LogP contribution is -2.20. The number of rotatable bonds is 2. The van der Waals surface area contributed by atoms with E-state index in [0.29, 0.717) is 5.56 Å². The fourth-order valence-electron chi connectivity index (χ4n) is 1.70. The molecule has 0 saturated heterocycles. The van der Waals surface area contributed by atoms with Gasteiger partial charge in [0, 0.05) is 4.48 Å². The predicted octanol–water partition coefficient (Wildman–Crippen LogP) is 3.67. The van der Waals surface area contributed by atoms with Crippen LogP contribution in [0.5, 0.6) is 0 Å². The Morgan fingerprint density at radius 3 is 2.75 bits per heavy atom. The molecule has 1 aromatic rings. The standard InChI is InChI=1S/C13H13BrO2/c14-11-8-4-5-9-12(11)16-13(15)10-6-2-1-3-7-10/h1-3,6-8,12H,4-5,9H2/t12-/m0/s1. The summed E-state index contributed by atoms with van der Waals surface area (Å²) >= 11 is 3.44. The third-order valence-electron chi connectivity index (χ3n) is 2.58. The van der Waals surface area contributed by atoms with Crippen molar-refractivity contribution >= 4 is 21.9 Å². The van der Waals surface area contributed by atoms with Gasteiger partial charge in [-0.2, -0.15) is 0 Å². The highest BCUT2D eigenvalue weighted by Gasteiger charge is 2.20. The number of benzene rings is 1. The topological polar surface area (TPSA) is 26.3 Å². The fraction of sp³-hybridized carbons (Fsp3) is 0.308. The second-order valence-electron chi connectivity index (χ2n) is 3.78. The molecule has 0 aromatic heterocycles. The molecule has 1 atom stereocenters. The molecule has 0 unspecified atom stereocenters. The summed E-state index contributed by atoms with van der Waals surface area (Å²) in [5.41, 5.74) is 0.605. The molecule has 0 radical (unpaired) electrons. The molecule has 0 heterocycles. The second-order valence-corrected chi connectivity index (χ2v) is 4.70. The zero-order chi connectivity index (χ0) is 11.4. The van der Waals surface area contributed by atoms with E-state index in [0.717, 1.165) is 23.7 Å². The van der Waals surface area contributed by atoms with Crippen molar-refractivity contribution < 1.29 is 9.53 Å². The van der Waals surface area contributed by atoms with Gasteiger partial charge < -0.3 is 4.74 Å². The highest BCUT2D eigenvalue weighted by molar-refractivity contribution is 9.11. The van der Waals surface area contributed by atoms with Crippen molar-refractivity contribution in [3.8, 4) is 0 Å². The molecular formula is C13H13BrO2. The van der Waals surface area contributed by atoms with Gasteiger partial charge in [0.2, 0.25) is 0 Å². The van der Waals surface area contributed by atoms with Crippen LogP contribution in [-0.2, 0) is 4.74 Å². The van der Waals surface area contributed by atoms with Crippen molar-refractivity contribution in [2.24, 2.45) is 0 Å². The first-order chi connectivity index (χ1) is 7.77. The summed E-state index contributed by atoms with van der Waals surface area (Å²) in [6.45, 7) is 0. The Morgan fingerprint density at radius 1 is 1.31 bits per heavy atom. The predicted molar refractivity (Wildman–Crippen MR) is 66.5 cm³/mol. The average Bonchev–Trinajstić information content (AvgIpc) is 2.33. The molecule has 3 heteroatoms. The maximum atomic E-state index is 11.8. The van der Waals surface area contributed by atoms with Crippen LogP contribution >= 0.6 is 15.9 Å². The van der Waals surface area contributed by atoms with E-state index in [1.54, 1.807) is 12.1 Å². The minimum Gasteiger partial charge on any atom is -0.453 e. The van der Waals surface area contributed by atoms with Crippen LogP contribution in [0, 0.1) is 0 Å². The minimum atomic E-state index is -0.252. The third-order valence-corrected chi connectivity index (χ3v) is 3.41. The molecule has 1 aromatic carbocycles. The normalized spacial score (nSPS) is 20.1.